The Morgan fingerprint density at radius 2 is 2.21 bits per heavy atom. The molecule has 0 spiro atoms. The third-order valence-corrected chi connectivity index (χ3v) is 2.07. The number of anilines is 1. The van der Waals surface area contributed by atoms with E-state index >= 15 is 0 Å². The third kappa shape index (κ3) is 2.73. The number of carbonyl (C=O) groups excluding carboxylic acids is 1. The standard InChI is InChI=1S/C10H12N2O2/c13-10(14-7-8-1-2-8)12-9-3-5-11-6-4-9/h3-6,8H,1-2,7H2,(H,11,12,13). The SMILES string of the molecule is O=C(Nc1ccncc1)OCC1CC1. The second-order valence-corrected chi connectivity index (χ2v) is 3.40. The van der Waals surface area contributed by atoms with Crippen LogP contribution >= 0.6 is 0 Å². The smallest absolute Gasteiger partial charge is 0.411 e. The van der Waals surface area contributed by atoms with E-state index in [0.29, 0.717) is 18.2 Å². The van der Waals surface area contributed by atoms with Crippen molar-refractivity contribution in [3.63, 3.8) is 0 Å². The summed E-state index contributed by atoms with van der Waals surface area (Å²) in [4.78, 5) is 15.0. The van der Waals surface area contributed by atoms with Crippen molar-refractivity contribution < 1.29 is 9.53 Å². The van der Waals surface area contributed by atoms with Gasteiger partial charge in [-0.05, 0) is 30.9 Å². The molecular weight excluding hydrogens is 180 g/mol. The van der Waals surface area contributed by atoms with Crippen LogP contribution in [0.15, 0.2) is 24.5 Å². The molecule has 0 bridgehead atoms. The van der Waals surface area contributed by atoms with Gasteiger partial charge in [0.1, 0.15) is 0 Å². The minimum absolute atomic E-state index is 0.386. The van der Waals surface area contributed by atoms with Crippen LogP contribution < -0.4 is 5.32 Å². The number of amides is 1. The van der Waals surface area contributed by atoms with Crippen LogP contribution in [0.25, 0.3) is 0 Å². The lowest BCUT2D eigenvalue weighted by atomic mass is 10.4. The normalized spacial score (nSPS) is 14.9. The highest BCUT2D eigenvalue weighted by atomic mass is 16.5. The Bertz CT molecular complexity index is 309. The van der Waals surface area contributed by atoms with Crippen LogP contribution in [0.1, 0.15) is 12.8 Å². The molecule has 4 heteroatoms. The summed E-state index contributed by atoms with van der Waals surface area (Å²) in [5.41, 5.74) is 0.709. The molecule has 4 nitrogen and oxygen atoms in total. The van der Waals surface area contributed by atoms with E-state index in [1.807, 2.05) is 0 Å². The fraction of sp³-hybridized carbons (Fsp3) is 0.400. The fourth-order valence-corrected chi connectivity index (χ4v) is 1.07. The number of hydrogen-bond acceptors (Lipinski definition) is 3. The molecule has 1 aromatic rings. The van der Waals surface area contributed by atoms with Crippen molar-refractivity contribution in [2.75, 3.05) is 11.9 Å². The van der Waals surface area contributed by atoms with Gasteiger partial charge in [-0.1, -0.05) is 0 Å². The number of pyridine rings is 1. The first-order valence-electron chi connectivity index (χ1n) is 4.68. The van der Waals surface area contributed by atoms with Crippen LogP contribution in [0.2, 0.25) is 0 Å². The zero-order valence-electron chi connectivity index (χ0n) is 7.77. The Balaban J connectivity index is 1.76. The molecule has 2 rings (SSSR count). The maximum Gasteiger partial charge on any atom is 0.411 e. The largest absolute Gasteiger partial charge is 0.449 e. The molecule has 0 unspecified atom stereocenters. The van der Waals surface area contributed by atoms with Crippen molar-refractivity contribution in [3.8, 4) is 0 Å². The Kier molecular flexibility index (Phi) is 2.62. The number of rotatable bonds is 3. The molecular formula is C10H12N2O2. The van der Waals surface area contributed by atoms with Gasteiger partial charge in [0.15, 0.2) is 0 Å². The molecule has 74 valence electrons. The van der Waals surface area contributed by atoms with Crippen LogP contribution in [-0.4, -0.2) is 17.7 Å². The Hall–Kier alpha value is -1.58. The maximum atomic E-state index is 11.2. The highest BCUT2D eigenvalue weighted by Crippen LogP contribution is 2.28. The first-order valence-corrected chi connectivity index (χ1v) is 4.68. The lowest BCUT2D eigenvalue weighted by Gasteiger charge is -2.05. The third-order valence-electron chi connectivity index (χ3n) is 2.07. The van der Waals surface area contributed by atoms with Crippen molar-refractivity contribution in [2.24, 2.45) is 5.92 Å². The molecule has 1 aliphatic carbocycles. The van der Waals surface area contributed by atoms with Gasteiger partial charge >= 0.3 is 6.09 Å². The number of ether oxygens (including phenoxy) is 1. The van der Waals surface area contributed by atoms with E-state index in [1.54, 1.807) is 24.5 Å². The summed E-state index contributed by atoms with van der Waals surface area (Å²) in [6.45, 7) is 0.539. The van der Waals surface area contributed by atoms with Gasteiger partial charge in [0.25, 0.3) is 0 Å². The maximum absolute atomic E-state index is 11.2. The number of nitrogens with zero attached hydrogens (tertiary/aromatic N) is 1. The summed E-state index contributed by atoms with van der Waals surface area (Å²) in [7, 11) is 0. The molecule has 0 atom stereocenters. The molecule has 0 saturated heterocycles. The van der Waals surface area contributed by atoms with E-state index in [0.717, 1.165) is 0 Å². The number of nitrogens with one attached hydrogen (secondary N) is 1. The van der Waals surface area contributed by atoms with Crippen molar-refractivity contribution >= 4 is 11.8 Å². The number of hydrogen-bond donors (Lipinski definition) is 1. The molecule has 14 heavy (non-hydrogen) atoms. The predicted octanol–water partition coefficient (Wildman–Crippen LogP) is 2.04. The van der Waals surface area contributed by atoms with Gasteiger partial charge in [-0.2, -0.15) is 0 Å². The molecule has 1 N–H and O–H groups in total. The summed E-state index contributed by atoms with van der Waals surface area (Å²) >= 11 is 0. The molecule has 1 amide bonds. The van der Waals surface area contributed by atoms with E-state index < -0.39 is 0 Å². The highest BCUT2D eigenvalue weighted by molar-refractivity contribution is 5.84. The monoisotopic (exact) mass is 192 g/mol. The molecule has 0 radical (unpaired) electrons. The minimum atomic E-state index is -0.386. The van der Waals surface area contributed by atoms with Gasteiger partial charge in [-0.15, -0.1) is 0 Å². The topological polar surface area (TPSA) is 51.2 Å². The number of aromatic nitrogens is 1. The van der Waals surface area contributed by atoms with Gasteiger partial charge in [-0.25, -0.2) is 4.79 Å². The van der Waals surface area contributed by atoms with E-state index in [4.69, 9.17) is 4.74 Å². The fourth-order valence-electron chi connectivity index (χ4n) is 1.07. The Labute approximate surface area is 82.3 Å². The molecule has 1 heterocycles. The van der Waals surface area contributed by atoms with E-state index in [-0.39, 0.29) is 6.09 Å². The van der Waals surface area contributed by atoms with Crippen LogP contribution in [0.4, 0.5) is 10.5 Å². The molecule has 1 aromatic heterocycles. The van der Waals surface area contributed by atoms with Crippen molar-refractivity contribution in [3.05, 3.63) is 24.5 Å². The molecule has 0 aliphatic heterocycles. The predicted molar refractivity (Wildman–Crippen MR) is 51.9 cm³/mol. The van der Waals surface area contributed by atoms with E-state index in [9.17, 15) is 4.79 Å². The van der Waals surface area contributed by atoms with Gasteiger partial charge < -0.3 is 4.74 Å². The quantitative estimate of drug-likeness (QED) is 0.797. The average molecular weight is 192 g/mol. The van der Waals surface area contributed by atoms with E-state index in [2.05, 4.69) is 10.3 Å². The number of carbonyl (C=O) groups is 1. The van der Waals surface area contributed by atoms with Gasteiger partial charge in [0, 0.05) is 18.1 Å². The second-order valence-electron chi connectivity index (χ2n) is 3.40. The zero-order chi connectivity index (χ0) is 9.80. The lowest BCUT2D eigenvalue weighted by Crippen LogP contribution is -2.14. The molecule has 1 aliphatic rings. The highest BCUT2D eigenvalue weighted by Gasteiger charge is 2.22. The first-order chi connectivity index (χ1) is 6.84. The van der Waals surface area contributed by atoms with Gasteiger partial charge in [0.05, 0.1) is 6.61 Å². The zero-order valence-corrected chi connectivity index (χ0v) is 7.77. The average Bonchev–Trinajstić information content (AvgIpc) is 3.00. The molecule has 1 saturated carbocycles. The first kappa shape index (κ1) is 8.99. The van der Waals surface area contributed by atoms with Crippen molar-refractivity contribution in [1.29, 1.82) is 0 Å². The minimum Gasteiger partial charge on any atom is -0.449 e. The summed E-state index contributed by atoms with van der Waals surface area (Å²) < 4.78 is 5.00. The van der Waals surface area contributed by atoms with Gasteiger partial charge in [-0.3, -0.25) is 10.3 Å². The molecule has 0 aromatic carbocycles. The van der Waals surface area contributed by atoms with Crippen molar-refractivity contribution in [1.82, 2.24) is 4.98 Å². The summed E-state index contributed by atoms with van der Waals surface area (Å²) in [6, 6.07) is 3.44. The Morgan fingerprint density at radius 1 is 1.50 bits per heavy atom. The Morgan fingerprint density at radius 3 is 2.86 bits per heavy atom. The summed E-state index contributed by atoms with van der Waals surface area (Å²) in [5.74, 6) is 0.596. The molecule has 1 fully saturated rings. The van der Waals surface area contributed by atoms with Crippen molar-refractivity contribution in [2.45, 2.75) is 12.8 Å². The van der Waals surface area contributed by atoms with Crippen LogP contribution in [0, 0.1) is 5.92 Å². The van der Waals surface area contributed by atoms with Crippen LogP contribution in [0.3, 0.4) is 0 Å². The lowest BCUT2D eigenvalue weighted by molar-refractivity contribution is 0.156. The van der Waals surface area contributed by atoms with Crippen LogP contribution in [0.5, 0.6) is 0 Å². The summed E-state index contributed by atoms with van der Waals surface area (Å²) in [6.07, 6.45) is 5.22. The second kappa shape index (κ2) is 4.09. The summed E-state index contributed by atoms with van der Waals surface area (Å²) in [5, 5.41) is 2.62. The van der Waals surface area contributed by atoms with E-state index in [1.165, 1.54) is 12.8 Å². The van der Waals surface area contributed by atoms with Gasteiger partial charge in [0.2, 0.25) is 0 Å². The van der Waals surface area contributed by atoms with Crippen LogP contribution in [-0.2, 0) is 4.74 Å².